The third-order valence-electron chi connectivity index (χ3n) is 10.6. The van der Waals surface area contributed by atoms with Crippen molar-refractivity contribution >= 4 is 17.9 Å². The number of esters is 2. The minimum Gasteiger partial charge on any atom is -0.477 e. The van der Waals surface area contributed by atoms with Crippen LogP contribution in [0.3, 0.4) is 0 Å². The first-order valence-electron chi connectivity index (χ1n) is 23.4. The van der Waals surface area contributed by atoms with Crippen molar-refractivity contribution in [1.82, 2.24) is 0 Å². The molecule has 0 bridgehead atoms. The van der Waals surface area contributed by atoms with Crippen LogP contribution in [-0.2, 0) is 28.6 Å². The lowest BCUT2D eigenvalue weighted by Gasteiger charge is -2.31. The summed E-state index contributed by atoms with van der Waals surface area (Å²) in [5.41, 5.74) is 0. The zero-order chi connectivity index (χ0) is 41.4. The fourth-order valence-corrected chi connectivity index (χ4v) is 6.95. The summed E-state index contributed by atoms with van der Waals surface area (Å²) in [5, 5.41) is 9.62. The highest BCUT2D eigenvalue weighted by molar-refractivity contribution is 5.72. The quantitative estimate of drug-likeness (QED) is 0.0284. The molecule has 0 saturated heterocycles. The van der Waals surface area contributed by atoms with E-state index in [0.717, 1.165) is 64.2 Å². The smallest absolute Gasteiger partial charge is 0.362 e. The van der Waals surface area contributed by atoms with Crippen LogP contribution in [0.1, 0.15) is 213 Å². The number of rotatable bonds is 42. The molecule has 0 fully saturated rings. The molecule has 0 radical (unpaired) electrons. The molecule has 0 aromatic carbocycles. The van der Waals surface area contributed by atoms with E-state index in [1.165, 1.54) is 116 Å². The summed E-state index contributed by atoms with van der Waals surface area (Å²) in [6, 6.07) is -0.614. The highest BCUT2D eigenvalue weighted by Gasteiger charge is 2.31. The van der Waals surface area contributed by atoms with Gasteiger partial charge in [0.15, 0.2) is 12.1 Å². The molecule has 328 valence electrons. The maximum atomic E-state index is 12.7. The van der Waals surface area contributed by atoms with Gasteiger partial charge >= 0.3 is 17.9 Å². The summed E-state index contributed by atoms with van der Waals surface area (Å²) in [6.07, 6.45) is 43.6. The van der Waals surface area contributed by atoms with E-state index in [0.29, 0.717) is 19.3 Å². The van der Waals surface area contributed by atoms with E-state index in [-0.39, 0.29) is 36.2 Å². The number of aliphatic carboxylic acids is 1. The first-order chi connectivity index (χ1) is 27.1. The van der Waals surface area contributed by atoms with Gasteiger partial charge in [-0.15, -0.1) is 0 Å². The van der Waals surface area contributed by atoms with Gasteiger partial charge in [0, 0.05) is 19.3 Å². The molecule has 0 aromatic rings. The van der Waals surface area contributed by atoms with Gasteiger partial charge in [0.2, 0.25) is 0 Å². The molecule has 0 heterocycles. The molecular weight excluding hydrogens is 703 g/mol. The molecule has 8 heteroatoms. The Bertz CT molecular complexity index is 973. The lowest BCUT2D eigenvalue weighted by atomic mass is 10.0. The Balaban J connectivity index is 4.30. The fraction of sp³-hybridized carbons (Fsp3) is 0.854. The summed E-state index contributed by atoms with van der Waals surface area (Å²) in [6.45, 7) is 4.72. The van der Waals surface area contributed by atoms with Crippen molar-refractivity contribution in [3.05, 3.63) is 24.3 Å². The maximum absolute atomic E-state index is 12.7. The monoisotopic (exact) mass is 793 g/mol. The summed E-state index contributed by atoms with van der Waals surface area (Å²) >= 11 is 0. The number of hydrogen-bond donors (Lipinski definition) is 1. The molecule has 0 rings (SSSR count). The van der Waals surface area contributed by atoms with E-state index in [9.17, 15) is 19.5 Å². The predicted molar refractivity (Wildman–Crippen MR) is 234 cm³/mol. The van der Waals surface area contributed by atoms with Gasteiger partial charge in [-0.2, -0.15) is 0 Å². The van der Waals surface area contributed by atoms with Crippen molar-refractivity contribution in [3.63, 3.8) is 0 Å². The first-order valence-corrected chi connectivity index (χ1v) is 23.4. The van der Waals surface area contributed by atoms with Crippen LogP contribution in [0.25, 0.3) is 0 Å². The van der Waals surface area contributed by atoms with Gasteiger partial charge in [-0.05, 0) is 44.9 Å². The fourth-order valence-electron chi connectivity index (χ4n) is 6.95. The molecule has 2 atom stereocenters. The molecule has 8 nitrogen and oxygen atoms in total. The standard InChI is InChI=1S/C48H89NO7/c1-6-8-10-12-14-16-18-20-22-23-25-26-28-30-32-34-36-38-46(50)55-43-44(42-54-41-40-45(48(52)53)49(3,4)5)56-47(51)39-37-35-33-31-29-27-24-21-19-17-15-13-11-9-7-2/h15,17,21,24,44-45H,6-14,16,18-20,22-23,25-43H2,1-5H3/p+1/b17-15-,24-21-. The molecule has 1 N–H and O–H groups in total. The van der Waals surface area contributed by atoms with Gasteiger partial charge in [0.25, 0.3) is 0 Å². The first kappa shape index (κ1) is 53.8. The van der Waals surface area contributed by atoms with E-state index in [1.54, 1.807) is 0 Å². The molecule has 0 amide bonds. The largest absolute Gasteiger partial charge is 0.477 e. The lowest BCUT2D eigenvalue weighted by Crippen LogP contribution is -2.50. The van der Waals surface area contributed by atoms with Gasteiger partial charge in [0.05, 0.1) is 34.4 Å². The zero-order valence-electron chi connectivity index (χ0n) is 37.3. The second-order valence-corrected chi connectivity index (χ2v) is 17.0. The molecule has 56 heavy (non-hydrogen) atoms. The number of hydrogen-bond acceptors (Lipinski definition) is 6. The van der Waals surface area contributed by atoms with E-state index >= 15 is 0 Å². The Morgan fingerprint density at radius 3 is 1.41 bits per heavy atom. The van der Waals surface area contributed by atoms with E-state index in [4.69, 9.17) is 14.2 Å². The van der Waals surface area contributed by atoms with Crippen molar-refractivity contribution in [2.75, 3.05) is 41.0 Å². The minimum absolute atomic E-state index is 0.0522. The second-order valence-electron chi connectivity index (χ2n) is 17.0. The number of carbonyl (C=O) groups excluding carboxylic acids is 2. The van der Waals surface area contributed by atoms with Gasteiger partial charge in [-0.1, -0.05) is 173 Å². The maximum Gasteiger partial charge on any atom is 0.362 e. The molecule has 2 unspecified atom stereocenters. The van der Waals surface area contributed by atoms with Crippen molar-refractivity contribution < 1.29 is 38.2 Å². The summed E-state index contributed by atoms with van der Waals surface area (Å²) in [4.78, 5) is 37.0. The van der Waals surface area contributed by atoms with Crippen LogP contribution in [0.4, 0.5) is 0 Å². The SMILES string of the molecule is CCCCC/C=C\C/C=C\CCCCCCCC(=O)OC(COCCC(C(=O)O)[N+](C)(C)C)COC(=O)CCCCCCCCCCCCCCCCCCC. The molecule has 0 spiro atoms. The molecular formula is C48H90NO7+. The highest BCUT2D eigenvalue weighted by atomic mass is 16.6. The van der Waals surface area contributed by atoms with Gasteiger partial charge < -0.3 is 23.8 Å². The Kier molecular flexibility index (Phi) is 38.1. The van der Waals surface area contributed by atoms with Crippen molar-refractivity contribution in [2.45, 2.75) is 225 Å². The zero-order valence-corrected chi connectivity index (χ0v) is 37.3. The van der Waals surface area contributed by atoms with E-state index in [1.807, 2.05) is 21.1 Å². The number of carboxylic acids is 1. The van der Waals surface area contributed by atoms with E-state index in [2.05, 4.69) is 38.2 Å². The van der Waals surface area contributed by atoms with Crippen LogP contribution >= 0.6 is 0 Å². The molecule has 0 aliphatic carbocycles. The summed E-state index contributed by atoms with van der Waals surface area (Å²) in [5.74, 6) is -1.47. The molecule has 0 saturated carbocycles. The molecule has 0 aromatic heterocycles. The average Bonchev–Trinajstić information content (AvgIpc) is 3.15. The summed E-state index contributed by atoms with van der Waals surface area (Å²) in [7, 11) is 5.53. The third kappa shape index (κ3) is 37.4. The number of unbranched alkanes of at least 4 members (excludes halogenated alkanes) is 24. The number of ether oxygens (including phenoxy) is 3. The van der Waals surface area contributed by atoms with Crippen molar-refractivity contribution in [2.24, 2.45) is 0 Å². The van der Waals surface area contributed by atoms with E-state index < -0.39 is 18.1 Å². The molecule has 0 aliphatic heterocycles. The number of carbonyl (C=O) groups is 3. The van der Waals surface area contributed by atoms with Crippen molar-refractivity contribution in [3.8, 4) is 0 Å². The van der Waals surface area contributed by atoms with Gasteiger partial charge in [0.1, 0.15) is 6.61 Å². The minimum atomic E-state index is -0.875. The van der Waals surface area contributed by atoms with Crippen LogP contribution in [0.15, 0.2) is 24.3 Å². The Labute approximate surface area is 345 Å². The number of carboxylic acid groups (broad SMARTS) is 1. The predicted octanol–water partition coefficient (Wildman–Crippen LogP) is 12.9. The Morgan fingerprint density at radius 2 is 0.946 bits per heavy atom. The number of allylic oxidation sites excluding steroid dienone is 4. The van der Waals surface area contributed by atoms with Crippen LogP contribution < -0.4 is 0 Å². The number of nitrogens with zero attached hydrogens (tertiary/aromatic N) is 1. The second kappa shape index (κ2) is 39.6. The third-order valence-corrected chi connectivity index (χ3v) is 10.6. The lowest BCUT2D eigenvalue weighted by molar-refractivity contribution is -0.887. The topological polar surface area (TPSA) is 99.1 Å². The molecule has 0 aliphatic rings. The summed E-state index contributed by atoms with van der Waals surface area (Å²) < 4.78 is 17.3. The van der Waals surface area contributed by atoms with Gasteiger partial charge in [-0.3, -0.25) is 9.59 Å². The Morgan fingerprint density at radius 1 is 0.536 bits per heavy atom. The van der Waals surface area contributed by atoms with Crippen molar-refractivity contribution in [1.29, 1.82) is 0 Å². The van der Waals surface area contributed by atoms with Gasteiger partial charge in [-0.25, -0.2) is 4.79 Å². The van der Waals surface area contributed by atoms with Crippen LogP contribution in [0.5, 0.6) is 0 Å². The van der Waals surface area contributed by atoms with Crippen LogP contribution in [-0.4, -0.2) is 80.6 Å². The van der Waals surface area contributed by atoms with Crippen LogP contribution in [0, 0.1) is 0 Å². The Hall–Kier alpha value is -2.19. The number of quaternary nitrogens is 1. The normalized spacial score (nSPS) is 13.1. The highest BCUT2D eigenvalue weighted by Crippen LogP contribution is 2.16. The van der Waals surface area contributed by atoms with Crippen LogP contribution in [0.2, 0.25) is 0 Å². The number of likely N-dealkylation sites (N-methyl/N-ethyl adjacent to an activating group) is 1. The average molecular weight is 793 g/mol.